The average molecular weight is 282 g/mol. The van der Waals surface area contributed by atoms with Crippen LogP contribution >= 0.6 is 0 Å². The van der Waals surface area contributed by atoms with Crippen molar-refractivity contribution >= 4 is 0 Å². The molecule has 2 unspecified atom stereocenters. The predicted molar refractivity (Wildman–Crippen MR) is 83.8 cm³/mol. The van der Waals surface area contributed by atoms with E-state index in [4.69, 9.17) is 0 Å². The maximum atomic E-state index is 4.55. The van der Waals surface area contributed by atoms with Gasteiger partial charge in [-0.25, -0.2) is 9.97 Å². The van der Waals surface area contributed by atoms with Crippen LogP contribution in [0.25, 0.3) is 0 Å². The number of aromatic nitrogens is 2. The van der Waals surface area contributed by atoms with Crippen LogP contribution in [-0.2, 0) is 6.54 Å². The first-order valence-electron chi connectivity index (χ1n) is 7.53. The molecule has 1 N–H and O–H groups in total. The Morgan fingerprint density at radius 2 is 2.05 bits per heavy atom. The van der Waals surface area contributed by atoms with Crippen molar-refractivity contribution in [1.82, 2.24) is 20.2 Å². The molecular weight excluding hydrogens is 260 g/mol. The summed E-state index contributed by atoms with van der Waals surface area (Å²) < 4.78 is 0. The first-order chi connectivity index (χ1) is 10.2. The van der Waals surface area contributed by atoms with Crippen molar-refractivity contribution in [2.75, 3.05) is 13.1 Å². The molecule has 110 valence electrons. The first kappa shape index (κ1) is 14.2. The molecule has 1 aromatic carbocycles. The summed E-state index contributed by atoms with van der Waals surface area (Å²) in [6.07, 6.45) is 1.85. The third kappa shape index (κ3) is 3.46. The molecule has 0 saturated carbocycles. The van der Waals surface area contributed by atoms with E-state index in [0.29, 0.717) is 12.1 Å². The largest absolute Gasteiger partial charge is 0.311 e. The van der Waals surface area contributed by atoms with Gasteiger partial charge in [0.1, 0.15) is 5.82 Å². The second-order valence-corrected chi connectivity index (χ2v) is 5.76. The molecule has 2 aromatic rings. The van der Waals surface area contributed by atoms with Crippen molar-refractivity contribution in [1.29, 1.82) is 0 Å². The maximum absolute atomic E-state index is 4.55. The third-order valence-electron chi connectivity index (χ3n) is 3.99. The van der Waals surface area contributed by atoms with Crippen LogP contribution < -0.4 is 5.32 Å². The van der Waals surface area contributed by atoms with E-state index in [1.807, 2.05) is 19.2 Å². The van der Waals surface area contributed by atoms with Gasteiger partial charge in [0.2, 0.25) is 0 Å². The molecule has 0 aliphatic carbocycles. The van der Waals surface area contributed by atoms with Crippen molar-refractivity contribution < 1.29 is 0 Å². The molecule has 4 nitrogen and oxygen atoms in total. The molecule has 1 saturated heterocycles. The topological polar surface area (TPSA) is 41.1 Å². The summed E-state index contributed by atoms with van der Waals surface area (Å²) in [7, 11) is 0. The number of rotatable bonds is 3. The Kier molecular flexibility index (Phi) is 4.27. The number of benzene rings is 1. The predicted octanol–water partition coefficient (Wildman–Crippen LogP) is 2.32. The number of aryl methyl sites for hydroxylation is 1. The van der Waals surface area contributed by atoms with Crippen LogP contribution in [0, 0.1) is 6.92 Å². The Bertz CT molecular complexity index is 584. The highest BCUT2D eigenvalue weighted by molar-refractivity contribution is 5.20. The van der Waals surface area contributed by atoms with Crippen LogP contribution in [0.2, 0.25) is 0 Å². The van der Waals surface area contributed by atoms with Crippen LogP contribution in [0.5, 0.6) is 0 Å². The molecule has 0 bridgehead atoms. The van der Waals surface area contributed by atoms with Gasteiger partial charge in [-0.15, -0.1) is 0 Å². The number of hydrogen-bond acceptors (Lipinski definition) is 4. The average Bonchev–Trinajstić information content (AvgIpc) is 2.48. The monoisotopic (exact) mass is 282 g/mol. The van der Waals surface area contributed by atoms with Gasteiger partial charge in [0.15, 0.2) is 0 Å². The highest BCUT2D eigenvalue weighted by Gasteiger charge is 2.27. The van der Waals surface area contributed by atoms with Crippen molar-refractivity contribution in [3.63, 3.8) is 0 Å². The minimum atomic E-state index is 0.401. The molecule has 0 amide bonds. The molecule has 1 aliphatic heterocycles. The van der Waals surface area contributed by atoms with Crippen molar-refractivity contribution in [3.8, 4) is 0 Å². The normalized spacial score (nSPS) is 23.1. The zero-order valence-corrected chi connectivity index (χ0v) is 12.7. The lowest BCUT2D eigenvalue weighted by atomic mass is 10.0. The Morgan fingerprint density at radius 1 is 1.24 bits per heavy atom. The van der Waals surface area contributed by atoms with E-state index in [1.54, 1.807) is 0 Å². The molecule has 1 fully saturated rings. The van der Waals surface area contributed by atoms with Gasteiger partial charge in [-0.3, -0.25) is 4.90 Å². The second kappa shape index (κ2) is 6.33. The zero-order chi connectivity index (χ0) is 14.7. The minimum absolute atomic E-state index is 0.401. The van der Waals surface area contributed by atoms with Crippen LogP contribution in [0.4, 0.5) is 0 Å². The Hall–Kier alpha value is -1.78. The quantitative estimate of drug-likeness (QED) is 0.938. The fraction of sp³-hybridized carbons (Fsp3) is 0.412. The summed E-state index contributed by atoms with van der Waals surface area (Å²) >= 11 is 0. The van der Waals surface area contributed by atoms with Gasteiger partial charge in [-0.2, -0.15) is 0 Å². The smallest absolute Gasteiger partial charge is 0.125 e. The van der Waals surface area contributed by atoms with Gasteiger partial charge < -0.3 is 5.32 Å². The highest BCUT2D eigenvalue weighted by atomic mass is 15.2. The maximum Gasteiger partial charge on any atom is 0.125 e. The summed E-state index contributed by atoms with van der Waals surface area (Å²) in [6.45, 7) is 7.06. The third-order valence-corrected chi connectivity index (χ3v) is 3.99. The zero-order valence-electron chi connectivity index (χ0n) is 12.7. The summed E-state index contributed by atoms with van der Waals surface area (Å²) in [5.74, 6) is 0.840. The van der Waals surface area contributed by atoms with Gasteiger partial charge in [-0.05, 0) is 25.5 Å². The standard InChI is InChI=1S/C17H22N4/c1-13-11-21(12-16-8-9-18-14(2)20-16)17(10-19-13)15-6-4-3-5-7-15/h3-9,13,17,19H,10-12H2,1-2H3. The van der Waals surface area contributed by atoms with Crippen molar-refractivity contribution in [2.24, 2.45) is 0 Å². The Balaban J connectivity index is 1.82. The van der Waals surface area contributed by atoms with Gasteiger partial charge in [0, 0.05) is 37.9 Å². The molecule has 1 aromatic heterocycles. The van der Waals surface area contributed by atoms with E-state index in [9.17, 15) is 0 Å². The summed E-state index contributed by atoms with van der Waals surface area (Å²) in [5.41, 5.74) is 2.46. The van der Waals surface area contributed by atoms with Gasteiger partial charge in [0.05, 0.1) is 5.69 Å². The minimum Gasteiger partial charge on any atom is -0.311 e. The van der Waals surface area contributed by atoms with E-state index in [2.05, 4.69) is 57.4 Å². The van der Waals surface area contributed by atoms with Crippen LogP contribution in [0.1, 0.15) is 30.0 Å². The summed E-state index contributed by atoms with van der Waals surface area (Å²) in [5, 5.41) is 3.58. The van der Waals surface area contributed by atoms with Gasteiger partial charge >= 0.3 is 0 Å². The number of nitrogens with zero attached hydrogens (tertiary/aromatic N) is 3. The molecule has 21 heavy (non-hydrogen) atoms. The molecule has 2 heterocycles. The summed E-state index contributed by atoms with van der Waals surface area (Å²) in [6, 6.07) is 13.6. The van der Waals surface area contributed by atoms with E-state index in [-0.39, 0.29) is 0 Å². The number of nitrogens with one attached hydrogen (secondary N) is 1. The fourth-order valence-corrected chi connectivity index (χ4v) is 2.97. The lowest BCUT2D eigenvalue weighted by Gasteiger charge is -2.39. The van der Waals surface area contributed by atoms with E-state index >= 15 is 0 Å². The lowest BCUT2D eigenvalue weighted by Crippen LogP contribution is -2.50. The molecule has 4 heteroatoms. The molecule has 1 aliphatic rings. The highest BCUT2D eigenvalue weighted by Crippen LogP contribution is 2.24. The molecule has 0 spiro atoms. The molecule has 3 rings (SSSR count). The number of hydrogen-bond donors (Lipinski definition) is 1. The van der Waals surface area contributed by atoms with Crippen LogP contribution in [-0.4, -0.2) is 34.0 Å². The van der Waals surface area contributed by atoms with E-state index < -0.39 is 0 Å². The Labute approximate surface area is 126 Å². The molecule has 2 atom stereocenters. The van der Waals surface area contributed by atoms with E-state index in [1.165, 1.54) is 5.56 Å². The van der Waals surface area contributed by atoms with E-state index in [0.717, 1.165) is 31.2 Å². The van der Waals surface area contributed by atoms with Gasteiger partial charge in [0.25, 0.3) is 0 Å². The van der Waals surface area contributed by atoms with Crippen LogP contribution in [0.3, 0.4) is 0 Å². The second-order valence-electron chi connectivity index (χ2n) is 5.76. The Morgan fingerprint density at radius 3 is 2.81 bits per heavy atom. The van der Waals surface area contributed by atoms with Crippen LogP contribution in [0.15, 0.2) is 42.6 Å². The fourth-order valence-electron chi connectivity index (χ4n) is 2.97. The molecule has 0 radical (unpaired) electrons. The summed E-state index contributed by atoms with van der Waals surface area (Å²) in [4.78, 5) is 11.2. The van der Waals surface area contributed by atoms with Gasteiger partial charge in [-0.1, -0.05) is 30.3 Å². The SMILES string of the molecule is Cc1nccc(CN2CC(C)NCC2c2ccccc2)n1. The first-order valence-corrected chi connectivity index (χ1v) is 7.53. The van der Waals surface area contributed by atoms with Crippen molar-refractivity contribution in [2.45, 2.75) is 32.5 Å². The van der Waals surface area contributed by atoms with Crippen molar-refractivity contribution in [3.05, 3.63) is 59.7 Å². The molecular formula is C17H22N4. The number of piperazine rings is 1. The lowest BCUT2D eigenvalue weighted by molar-refractivity contribution is 0.126.